The van der Waals surface area contributed by atoms with Crippen molar-refractivity contribution in [2.45, 2.75) is 38.8 Å². The zero-order valence-corrected chi connectivity index (χ0v) is 7.21. The van der Waals surface area contributed by atoms with Crippen LogP contribution in [0, 0.1) is 0 Å². The lowest BCUT2D eigenvalue weighted by molar-refractivity contribution is -0.129. The van der Waals surface area contributed by atoms with Crippen LogP contribution in [0.4, 0.5) is 0 Å². The molecular formula is C8H16N2O. The predicted molar refractivity (Wildman–Crippen MR) is 44.1 cm³/mol. The second kappa shape index (κ2) is 3.22. The van der Waals surface area contributed by atoms with Crippen molar-refractivity contribution in [2.75, 3.05) is 6.54 Å². The molecule has 2 unspecified atom stereocenters. The number of hydrogen-bond donors (Lipinski definition) is 1. The molecule has 2 atom stereocenters. The van der Waals surface area contributed by atoms with Gasteiger partial charge >= 0.3 is 0 Å². The molecule has 3 heteroatoms. The van der Waals surface area contributed by atoms with Gasteiger partial charge in [0, 0.05) is 25.6 Å². The van der Waals surface area contributed by atoms with Crippen LogP contribution >= 0.6 is 0 Å². The van der Waals surface area contributed by atoms with Gasteiger partial charge in [-0.2, -0.15) is 0 Å². The van der Waals surface area contributed by atoms with Crippen molar-refractivity contribution >= 4 is 5.91 Å². The zero-order chi connectivity index (χ0) is 8.43. The van der Waals surface area contributed by atoms with Gasteiger partial charge in [0.1, 0.15) is 0 Å². The predicted octanol–water partition coefficient (Wildman–Crippen LogP) is 0.345. The van der Waals surface area contributed by atoms with Gasteiger partial charge in [-0.3, -0.25) is 4.79 Å². The Balaban J connectivity index is 2.58. The molecule has 0 aromatic carbocycles. The summed E-state index contributed by atoms with van der Waals surface area (Å²) in [4.78, 5) is 12.9. The zero-order valence-electron chi connectivity index (χ0n) is 7.21. The summed E-state index contributed by atoms with van der Waals surface area (Å²) in [6.45, 7) is 4.47. The Hall–Kier alpha value is -0.570. The van der Waals surface area contributed by atoms with E-state index in [1.807, 2.05) is 11.8 Å². The fourth-order valence-electron chi connectivity index (χ4n) is 1.73. The van der Waals surface area contributed by atoms with Gasteiger partial charge in [0.25, 0.3) is 0 Å². The van der Waals surface area contributed by atoms with Crippen LogP contribution in [-0.4, -0.2) is 29.4 Å². The van der Waals surface area contributed by atoms with Crippen LogP contribution in [0.1, 0.15) is 26.7 Å². The smallest absolute Gasteiger partial charge is 0.219 e. The molecule has 1 heterocycles. The van der Waals surface area contributed by atoms with E-state index in [9.17, 15) is 4.79 Å². The number of nitrogens with zero attached hydrogens (tertiary/aromatic N) is 1. The first-order valence-electron chi connectivity index (χ1n) is 4.15. The fraction of sp³-hybridized carbons (Fsp3) is 0.875. The topological polar surface area (TPSA) is 46.3 Å². The molecule has 1 rings (SSSR count). The maximum absolute atomic E-state index is 11.0. The highest BCUT2D eigenvalue weighted by Gasteiger charge is 2.28. The van der Waals surface area contributed by atoms with Crippen LogP contribution < -0.4 is 5.73 Å². The minimum absolute atomic E-state index is 0.112. The molecular weight excluding hydrogens is 140 g/mol. The lowest BCUT2D eigenvalue weighted by Gasteiger charge is -2.26. The van der Waals surface area contributed by atoms with E-state index in [0.717, 1.165) is 19.4 Å². The maximum Gasteiger partial charge on any atom is 0.219 e. The van der Waals surface area contributed by atoms with Crippen molar-refractivity contribution in [2.24, 2.45) is 5.73 Å². The first-order chi connectivity index (χ1) is 5.13. The van der Waals surface area contributed by atoms with Crippen molar-refractivity contribution in [1.82, 2.24) is 4.90 Å². The number of hydrogen-bond acceptors (Lipinski definition) is 2. The Morgan fingerprint density at radius 2 is 2.36 bits per heavy atom. The Morgan fingerprint density at radius 3 is 2.73 bits per heavy atom. The molecule has 11 heavy (non-hydrogen) atoms. The normalized spacial score (nSPS) is 27.2. The molecule has 1 saturated heterocycles. The molecule has 0 radical (unpaired) electrons. The molecule has 2 N–H and O–H groups in total. The summed E-state index contributed by atoms with van der Waals surface area (Å²) in [5.41, 5.74) is 5.73. The van der Waals surface area contributed by atoms with Crippen LogP contribution in [-0.2, 0) is 4.79 Å². The van der Waals surface area contributed by atoms with E-state index >= 15 is 0 Å². The summed E-state index contributed by atoms with van der Waals surface area (Å²) in [5.74, 6) is 0.157. The summed E-state index contributed by atoms with van der Waals surface area (Å²) >= 11 is 0. The summed E-state index contributed by atoms with van der Waals surface area (Å²) < 4.78 is 0. The lowest BCUT2D eigenvalue weighted by atomic mass is 10.1. The monoisotopic (exact) mass is 156 g/mol. The largest absolute Gasteiger partial charge is 0.338 e. The number of rotatable bonds is 1. The number of nitrogens with two attached hydrogens (primary N) is 1. The number of carbonyl (C=O) groups excluding carboxylic acids is 1. The Labute approximate surface area is 67.5 Å². The van der Waals surface area contributed by atoms with E-state index in [1.165, 1.54) is 0 Å². The fourth-order valence-corrected chi connectivity index (χ4v) is 1.73. The Morgan fingerprint density at radius 1 is 1.73 bits per heavy atom. The SMILES string of the molecule is CC(=O)N1CCCC1C(C)N. The van der Waals surface area contributed by atoms with Crippen molar-refractivity contribution in [3.8, 4) is 0 Å². The van der Waals surface area contributed by atoms with Gasteiger partial charge in [0.15, 0.2) is 0 Å². The molecule has 0 aromatic heterocycles. The van der Waals surface area contributed by atoms with E-state index < -0.39 is 0 Å². The van der Waals surface area contributed by atoms with Crippen LogP contribution in [0.25, 0.3) is 0 Å². The van der Waals surface area contributed by atoms with E-state index in [0.29, 0.717) is 0 Å². The van der Waals surface area contributed by atoms with Crippen LogP contribution in [0.3, 0.4) is 0 Å². The molecule has 0 saturated carbocycles. The molecule has 0 bridgehead atoms. The first kappa shape index (κ1) is 8.53. The standard InChI is InChI=1S/C8H16N2O/c1-6(9)8-4-3-5-10(8)7(2)11/h6,8H,3-5,9H2,1-2H3. The third-order valence-electron chi connectivity index (χ3n) is 2.31. The molecule has 1 aliphatic heterocycles. The van der Waals surface area contributed by atoms with E-state index in [1.54, 1.807) is 6.92 Å². The van der Waals surface area contributed by atoms with Gasteiger partial charge in [0.05, 0.1) is 0 Å². The quantitative estimate of drug-likeness (QED) is 0.595. The summed E-state index contributed by atoms with van der Waals surface area (Å²) in [6.07, 6.45) is 2.17. The van der Waals surface area contributed by atoms with Gasteiger partial charge in [-0.05, 0) is 19.8 Å². The van der Waals surface area contributed by atoms with Gasteiger partial charge in [-0.25, -0.2) is 0 Å². The third-order valence-corrected chi connectivity index (χ3v) is 2.31. The Bertz CT molecular complexity index is 156. The molecule has 0 aliphatic carbocycles. The van der Waals surface area contributed by atoms with Crippen LogP contribution in [0.15, 0.2) is 0 Å². The van der Waals surface area contributed by atoms with Gasteiger partial charge < -0.3 is 10.6 Å². The summed E-state index contributed by atoms with van der Waals surface area (Å²) in [5, 5.41) is 0. The van der Waals surface area contributed by atoms with Crippen molar-refractivity contribution < 1.29 is 4.79 Å². The highest BCUT2D eigenvalue weighted by Crippen LogP contribution is 2.18. The second-order valence-corrected chi connectivity index (χ2v) is 3.28. The van der Waals surface area contributed by atoms with Crippen molar-refractivity contribution in [1.29, 1.82) is 0 Å². The second-order valence-electron chi connectivity index (χ2n) is 3.28. The average Bonchev–Trinajstić information content (AvgIpc) is 2.32. The van der Waals surface area contributed by atoms with Crippen LogP contribution in [0.5, 0.6) is 0 Å². The highest BCUT2D eigenvalue weighted by atomic mass is 16.2. The molecule has 0 aromatic rings. The molecule has 0 spiro atoms. The lowest BCUT2D eigenvalue weighted by Crippen LogP contribution is -2.44. The first-order valence-corrected chi connectivity index (χ1v) is 4.15. The van der Waals surface area contributed by atoms with Crippen molar-refractivity contribution in [3.63, 3.8) is 0 Å². The molecule has 3 nitrogen and oxygen atoms in total. The third kappa shape index (κ3) is 1.71. The number of amides is 1. The summed E-state index contributed by atoms with van der Waals surface area (Å²) in [7, 11) is 0. The number of carbonyl (C=O) groups is 1. The maximum atomic E-state index is 11.0. The minimum atomic E-state index is 0.112. The van der Waals surface area contributed by atoms with E-state index in [4.69, 9.17) is 5.73 Å². The number of likely N-dealkylation sites (tertiary alicyclic amines) is 1. The highest BCUT2D eigenvalue weighted by molar-refractivity contribution is 5.74. The van der Waals surface area contributed by atoms with E-state index in [-0.39, 0.29) is 18.0 Å². The average molecular weight is 156 g/mol. The van der Waals surface area contributed by atoms with Gasteiger partial charge in [0.2, 0.25) is 5.91 Å². The molecule has 1 fully saturated rings. The Kier molecular flexibility index (Phi) is 2.49. The van der Waals surface area contributed by atoms with Crippen LogP contribution in [0.2, 0.25) is 0 Å². The van der Waals surface area contributed by atoms with Crippen molar-refractivity contribution in [3.05, 3.63) is 0 Å². The summed E-state index contributed by atoms with van der Waals surface area (Å²) in [6, 6.07) is 0.397. The van der Waals surface area contributed by atoms with Gasteiger partial charge in [-0.15, -0.1) is 0 Å². The molecule has 1 aliphatic rings. The molecule has 64 valence electrons. The van der Waals surface area contributed by atoms with E-state index in [2.05, 4.69) is 0 Å². The molecule has 1 amide bonds. The minimum Gasteiger partial charge on any atom is -0.338 e. The van der Waals surface area contributed by atoms with Gasteiger partial charge in [-0.1, -0.05) is 0 Å².